The Morgan fingerprint density at radius 1 is 1.31 bits per heavy atom. The molecule has 0 saturated heterocycles. The molecular formula is C19H25N5O2. The summed E-state index contributed by atoms with van der Waals surface area (Å²) in [5.74, 6) is 2.14. The van der Waals surface area contributed by atoms with E-state index in [1.54, 1.807) is 32.3 Å². The molecule has 2 rings (SSSR count). The lowest BCUT2D eigenvalue weighted by Gasteiger charge is -2.11. The number of amidine groups is 1. The number of nitrogens with zero attached hydrogens (tertiary/aromatic N) is 4. The topological polar surface area (TPSA) is 73.0 Å². The van der Waals surface area contributed by atoms with Crippen LogP contribution in [0.15, 0.2) is 52.6 Å². The molecule has 0 saturated carbocycles. The summed E-state index contributed by atoms with van der Waals surface area (Å²) in [6, 6.07) is 7.63. The first-order valence-electron chi connectivity index (χ1n) is 8.16. The average Bonchev–Trinajstić information content (AvgIpc) is 3.06. The van der Waals surface area contributed by atoms with Gasteiger partial charge in [0.2, 0.25) is 0 Å². The van der Waals surface area contributed by atoms with Crippen LogP contribution in [0.2, 0.25) is 0 Å². The second kappa shape index (κ2) is 9.41. The first-order valence-corrected chi connectivity index (χ1v) is 8.16. The van der Waals surface area contributed by atoms with Gasteiger partial charge >= 0.3 is 0 Å². The minimum absolute atomic E-state index is 0.439. The molecule has 0 unspecified atom stereocenters. The van der Waals surface area contributed by atoms with Crippen LogP contribution in [0.4, 0.5) is 0 Å². The Bertz CT molecular complexity index is 808. The Hall–Kier alpha value is -3.09. The highest BCUT2D eigenvalue weighted by atomic mass is 16.5. The second-order valence-electron chi connectivity index (χ2n) is 5.64. The fourth-order valence-corrected chi connectivity index (χ4v) is 2.39. The highest BCUT2D eigenvalue weighted by molar-refractivity contribution is 6.03. The third kappa shape index (κ3) is 5.20. The highest BCUT2D eigenvalue weighted by Crippen LogP contribution is 2.25. The molecule has 1 aromatic heterocycles. The summed E-state index contributed by atoms with van der Waals surface area (Å²) in [5.41, 5.74) is 2.71. The van der Waals surface area contributed by atoms with Crippen molar-refractivity contribution in [2.75, 3.05) is 21.3 Å². The van der Waals surface area contributed by atoms with E-state index in [2.05, 4.69) is 27.0 Å². The zero-order chi connectivity index (χ0) is 18.9. The minimum atomic E-state index is 0.439. The van der Waals surface area contributed by atoms with Gasteiger partial charge in [0.15, 0.2) is 0 Å². The van der Waals surface area contributed by atoms with Crippen LogP contribution in [0.3, 0.4) is 0 Å². The Morgan fingerprint density at radius 2 is 2.12 bits per heavy atom. The van der Waals surface area contributed by atoms with Crippen LogP contribution < -0.4 is 14.8 Å². The molecule has 0 spiro atoms. The molecule has 0 radical (unpaired) electrons. The third-order valence-corrected chi connectivity index (χ3v) is 3.73. The summed E-state index contributed by atoms with van der Waals surface area (Å²) in [5, 5.41) is 7.47. The number of nitrogens with one attached hydrogen (secondary N) is 1. The van der Waals surface area contributed by atoms with Gasteiger partial charge in [0.05, 0.1) is 32.8 Å². The summed E-state index contributed by atoms with van der Waals surface area (Å²) >= 11 is 0. The summed E-state index contributed by atoms with van der Waals surface area (Å²) in [4.78, 5) is 8.62. The van der Waals surface area contributed by atoms with Gasteiger partial charge in [-0.05, 0) is 23.8 Å². The van der Waals surface area contributed by atoms with Gasteiger partial charge in [-0.15, -0.1) is 0 Å². The lowest BCUT2D eigenvalue weighted by Crippen LogP contribution is -2.25. The molecule has 0 fully saturated rings. The molecule has 138 valence electrons. The first kappa shape index (κ1) is 19.2. The molecule has 1 N–H and O–H groups in total. The molecule has 0 aliphatic rings. The SMILES string of the molecule is C=C(Cc1ccn(C)n1)C(=NCc1ccc(OC)cc1OC)NC=NC. The van der Waals surface area contributed by atoms with E-state index in [4.69, 9.17) is 9.47 Å². The monoisotopic (exact) mass is 355 g/mol. The number of hydrogen-bond donors (Lipinski definition) is 1. The molecule has 7 heteroatoms. The van der Waals surface area contributed by atoms with Gasteiger partial charge in [-0.3, -0.25) is 14.7 Å². The molecule has 0 bridgehead atoms. The van der Waals surface area contributed by atoms with Crippen LogP contribution >= 0.6 is 0 Å². The maximum Gasteiger partial charge on any atom is 0.129 e. The lowest BCUT2D eigenvalue weighted by atomic mass is 10.1. The van der Waals surface area contributed by atoms with Crippen molar-refractivity contribution in [3.05, 3.63) is 53.9 Å². The van der Waals surface area contributed by atoms with Gasteiger partial charge in [-0.2, -0.15) is 5.10 Å². The van der Waals surface area contributed by atoms with Crippen molar-refractivity contribution in [2.24, 2.45) is 17.0 Å². The first-order chi connectivity index (χ1) is 12.6. The van der Waals surface area contributed by atoms with E-state index >= 15 is 0 Å². The largest absolute Gasteiger partial charge is 0.497 e. The maximum atomic E-state index is 5.43. The molecule has 0 amide bonds. The van der Waals surface area contributed by atoms with Gasteiger partial charge < -0.3 is 14.8 Å². The van der Waals surface area contributed by atoms with Gasteiger partial charge in [0.1, 0.15) is 17.3 Å². The highest BCUT2D eigenvalue weighted by Gasteiger charge is 2.09. The molecule has 0 atom stereocenters. The zero-order valence-electron chi connectivity index (χ0n) is 15.7. The van der Waals surface area contributed by atoms with Gasteiger partial charge in [-0.1, -0.05) is 6.58 Å². The second-order valence-corrected chi connectivity index (χ2v) is 5.64. The minimum Gasteiger partial charge on any atom is -0.497 e. The molecule has 1 heterocycles. The van der Waals surface area contributed by atoms with Crippen molar-refractivity contribution in [1.82, 2.24) is 15.1 Å². The van der Waals surface area contributed by atoms with Crippen LogP contribution in [0.5, 0.6) is 11.5 Å². The molecule has 2 aromatic rings. The molecule has 0 aliphatic carbocycles. The van der Waals surface area contributed by atoms with Crippen molar-refractivity contribution in [3.8, 4) is 11.5 Å². The Balaban J connectivity index is 2.18. The third-order valence-electron chi connectivity index (χ3n) is 3.73. The number of aryl methyl sites for hydroxylation is 1. The Kier molecular flexibility index (Phi) is 6.96. The summed E-state index contributed by atoms with van der Waals surface area (Å²) in [7, 11) is 6.84. The lowest BCUT2D eigenvalue weighted by molar-refractivity contribution is 0.391. The number of aliphatic imine (C=N–C) groups is 2. The normalized spacial score (nSPS) is 11.6. The van der Waals surface area contributed by atoms with Crippen molar-refractivity contribution in [3.63, 3.8) is 0 Å². The molecule has 1 aromatic carbocycles. The van der Waals surface area contributed by atoms with E-state index in [-0.39, 0.29) is 0 Å². The fourth-order valence-electron chi connectivity index (χ4n) is 2.39. The Morgan fingerprint density at radius 3 is 2.73 bits per heavy atom. The smallest absolute Gasteiger partial charge is 0.129 e. The van der Waals surface area contributed by atoms with E-state index in [1.807, 2.05) is 37.5 Å². The van der Waals surface area contributed by atoms with Crippen molar-refractivity contribution in [2.45, 2.75) is 13.0 Å². The number of rotatable bonds is 8. The van der Waals surface area contributed by atoms with Crippen LogP contribution in [0.1, 0.15) is 11.3 Å². The average molecular weight is 355 g/mol. The van der Waals surface area contributed by atoms with Gasteiger partial charge in [-0.25, -0.2) is 0 Å². The number of aromatic nitrogens is 2. The summed E-state index contributed by atoms with van der Waals surface area (Å²) in [6.45, 7) is 4.58. The number of methoxy groups -OCH3 is 2. The number of ether oxygens (including phenoxy) is 2. The van der Waals surface area contributed by atoms with Crippen molar-refractivity contribution in [1.29, 1.82) is 0 Å². The van der Waals surface area contributed by atoms with E-state index in [0.29, 0.717) is 18.8 Å². The maximum absolute atomic E-state index is 5.43. The van der Waals surface area contributed by atoms with Gasteiger partial charge in [0, 0.05) is 38.3 Å². The van der Waals surface area contributed by atoms with E-state index in [9.17, 15) is 0 Å². The Labute approximate surface area is 154 Å². The van der Waals surface area contributed by atoms with Crippen molar-refractivity contribution < 1.29 is 9.47 Å². The summed E-state index contributed by atoms with van der Waals surface area (Å²) < 4.78 is 12.4. The standard InChI is InChI=1S/C19H25N5O2/c1-14(10-16-8-9-24(3)23-16)19(22-13-20-2)21-12-15-6-7-17(25-4)11-18(15)26-5/h6-9,11,13H,1,10,12H2,2-5H3,(H,20,21,22). The van der Waals surface area contributed by atoms with Crippen molar-refractivity contribution >= 4 is 12.2 Å². The molecule has 0 aliphatic heterocycles. The zero-order valence-corrected chi connectivity index (χ0v) is 15.7. The van der Waals surface area contributed by atoms with Crippen LogP contribution in [-0.2, 0) is 20.0 Å². The van der Waals surface area contributed by atoms with Crippen LogP contribution in [0, 0.1) is 0 Å². The predicted molar refractivity (Wildman–Crippen MR) is 104 cm³/mol. The van der Waals surface area contributed by atoms with Crippen LogP contribution in [-0.4, -0.2) is 43.2 Å². The quantitative estimate of drug-likeness (QED) is 0.583. The van der Waals surface area contributed by atoms with E-state index < -0.39 is 0 Å². The number of benzene rings is 1. The fraction of sp³-hybridized carbons (Fsp3) is 0.316. The van der Waals surface area contributed by atoms with E-state index in [1.165, 1.54) is 0 Å². The molecular weight excluding hydrogens is 330 g/mol. The van der Waals surface area contributed by atoms with Gasteiger partial charge in [0.25, 0.3) is 0 Å². The molecule has 7 nitrogen and oxygen atoms in total. The molecule has 26 heavy (non-hydrogen) atoms. The van der Waals surface area contributed by atoms with E-state index in [0.717, 1.165) is 28.3 Å². The number of hydrogen-bond acceptors (Lipinski definition) is 5. The van der Waals surface area contributed by atoms with Crippen LogP contribution in [0.25, 0.3) is 0 Å². The summed E-state index contributed by atoms with van der Waals surface area (Å²) in [6.07, 6.45) is 4.10. The predicted octanol–water partition coefficient (Wildman–Crippen LogP) is 2.38.